The number of imidazole rings is 1. The van der Waals surface area contributed by atoms with E-state index >= 15 is 0 Å². The van der Waals surface area contributed by atoms with Crippen LogP contribution in [0.25, 0.3) is 11.0 Å². The number of benzene rings is 2. The fourth-order valence-electron chi connectivity index (χ4n) is 3.95. The summed E-state index contributed by atoms with van der Waals surface area (Å²) in [6.45, 7) is 1.43. The maximum atomic E-state index is 5.98. The quantitative estimate of drug-likeness (QED) is 0.615. The molecule has 0 spiro atoms. The highest BCUT2D eigenvalue weighted by Crippen LogP contribution is 2.34. The third kappa shape index (κ3) is 3.55. The lowest BCUT2D eigenvalue weighted by molar-refractivity contribution is 0.292. The molecule has 1 fully saturated rings. The molecule has 0 N–H and O–H groups in total. The van der Waals surface area contributed by atoms with E-state index in [9.17, 15) is 0 Å². The summed E-state index contributed by atoms with van der Waals surface area (Å²) in [5, 5.41) is 0. The molecule has 2 aromatic carbocycles. The van der Waals surface area contributed by atoms with E-state index in [0.717, 1.165) is 23.6 Å². The van der Waals surface area contributed by atoms with Gasteiger partial charge >= 0.3 is 0 Å². The van der Waals surface area contributed by atoms with E-state index in [4.69, 9.17) is 14.5 Å². The lowest BCUT2D eigenvalue weighted by Gasteiger charge is -2.22. The van der Waals surface area contributed by atoms with Gasteiger partial charge in [0, 0.05) is 12.0 Å². The third-order valence-electron chi connectivity index (χ3n) is 5.28. The highest BCUT2D eigenvalue weighted by molar-refractivity contribution is 5.76. The van der Waals surface area contributed by atoms with Gasteiger partial charge in [0.15, 0.2) is 0 Å². The third-order valence-corrected chi connectivity index (χ3v) is 5.28. The molecule has 4 nitrogen and oxygen atoms in total. The normalized spacial score (nSPS) is 15.3. The first kappa shape index (κ1) is 17.0. The zero-order valence-electron chi connectivity index (χ0n) is 15.4. The Morgan fingerprint density at radius 1 is 1.00 bits per heavy atom. The Balaban J connectivity index is 1.54. The van der Waals surface area contributed by atoms with Crippen molar-refractivity contribution in [2.75, 3.05) is 13.7 Å². The molecule has 1 aliphatic carbocycles. The summed E-state index contributed by atoms with van der Waals surface area (Å²) >= 11 is 0. The second-order valence-electron chi connectivity index (χ2n) is 6.97. The van der Waals surface area contributed by atoms with E-state index in [1.165, 1.54) is 43.4 Å². The lowest BCUT2D eigenvalue weighted by Crippen LogP contribution is -2.15. The maximum Gasteiger partial charge on any atom is 0.123 e. The van der Waals surface area contributed by atoms with Gasteiger partial charge in [-0.15, -0.1) is 0 Å². The summed E-state index contributed by atoms with van der Waals surface area (Å²) < 4.78 is 13.6. The Hall–Kier alpha value is -2.49. The van der Waals surface area contributed by atoms with Crippen molar-refractivity contribution in [2.24, 2.45) is 0 Å². The fourth-order valence-corrected chi connectivity index (χ4v) is 3.95. The van der Waals surface area contributed by atoms with Crippen LogP contribution in [0.5, 0.6) is 11.5 Å². The summed E-state index contributed by atoms with van der Waals surface area (Å²) in [7, 11) is 1.67. The summed E-state index contributed by atoms with van der Waals surface area (Å²) in [4.78, 5) is 4.98. The molecule has 26 heavy (non-hydrogen) atoms. The maximum absolute atomic E-state index is 5.98. The van der Waals surface area contributed by atoms with Crippen LogP contribution in [-0.2, 0) is 6.54 Å². The molecule has 1 aliphatic rings. The van der Waals surface area contributed by atoms with E-state index in [1.807, 2.05) is 24.3 Å². The second-order valence-corrected chi connectivity index (χ2v) is 6.97. The van der Waals surface area contributed by atoms with Gasteiger partial charge < -0.3 is 14.0 Å². The highest BCUT2D eigenvalue weighted by atomic mass is 16.5. The number of methoxy groups -OCH3 is 1. The van der Waals surface area contributed by atoms with Crippen molar-refractivity contribution < 1.29 is 9.47 Å². The van der Waals surface area contributed by atoms with E-state index in [0.29, 0.717) is 12.5 Å². The van der Waals surface area contributed by atoms with Gasteiger partial charge in [-0.1, -0.05) is 37.5 Å². The summed E-state index contributed by atoms with van der Waals surface area (Å²) in [5.74, 6) is 3.47. The van der Waals surface area contributed by atoms with Crippen molar-refractivity contribution in [3.8, 4) is 11.5 Å². The molecule has 0 radical (unpaired) electrons. The smallest absolute Gasteiger partial charge is 0.123 e. The number of rotatable bonds is 6. The Morgan fingerprint density at radius 2 is 1.81 bits per heavy atom. The first-order valence-electron chi connectivity index (χ1n) is 9.57. The molecule has 1 heterocycles. The average Bonchev–Trinajstić information content (AvgIpc) is 3.08. The van der Waals surface area contributed by atoms with Crippen molar-refractivity contribution in [3.05, 3.63) is 54.4 Å². The van der Waals surface area contributed by atoms with Gasteiger partial charge in [0.2, 0.25) is 0 Å². The van der Waals surface area contributed by atoms with Crippen LogP contribution in [0.4, 0.5) is 0 Å². The van der Waals surface area contributed by atoms with Gasteiger partial charge in [-0.2, -0.15) is 0 Å². The minimum Gasteiger partial charge on any atom is -0.497 e. The zero-order chi connectivity index (χ0) is 17.8. The molecular formula is C22H26N2O2. The van der Waals surface area contributed by atoms with Crippen molar-refractivity contribution in [2.45, 2.75) is 44.6 Å². The largest absolute Gasteiger partial charge is 0.497 e. The van der Waals surface area contributed by atoms with Gasteiger partial charge in [0.1, 0.15) is 23.9 Å². The van der Waals surface area contributed by atoms with Gasteiger partial charge in [0.05, 0.1) is 24.7 Å². The molecular weight excluding hydrogens is 324 g/mol. The fraction of sp³-hybridized carbons (Fsp3) is 0.409. The molecule has 0 saturated heterocycles. The number of para-hydroxylation sites is 2. The Morgan fingerprint density at radius 3 is 2.65 bits per heavy atom. The summed E-state index contributed by atoms with van der Waals surface area (Å²) in [5.41, 5.74) is 2.30. The first-order valence-corrected chi connectivity index (χ1v) is 9.57. The number of ether oxygens (including phenoxy) is 2. The molecule has 0 aliphatic heterocycles. The SMILES string of the molecule is COc1cccc(OCCn2c(C3CCCCC3)nc3ccccc32)c1. The van der Waals surface area contributed by atoms with Gasteiger partial charge in [-0.25, -0.2) is 4.98 Å². The van der Waals surface area contributed by atoms with Crippen LogP contribution in [0.3, 0.4) is 0 Å². The predicted octanol–water partition coefficient (Wildman–Crippen LogP) is 5.17. The summed E-state index contributed by atoms with van der Waals surface area (Å²) in [6, 6.07) is 16.2. The second kappa shape index (κ2) is 7.81. The number of hydrogen-bond donors (Lipinski definition) is 0. The van der Waals surface area contributed by atoms with Gasteiger partial charge in [-0.3, -0.25) is 0 Å². The van der Waals surface area contributed by atoms with E-state index < -0.39 is 0 Å². The number of aromatic nitrogens is 2. The van der Waals surface area contributed by atoms with Crippen LogP contribution in [0.1, 0.15) is 43.8 Å². The first-order chi connectivity index (χ1) is 12.8. The van der Waals surface area contributed by atoms with Gasteiger partial charge in [0.25, 0.3) is 0 Å². The molecule has 0 bridgehead atoms. The molecule has 136 valence electrons. The van der Waals surface area contributed by atoms with E-state index in [2.05, 4.69) is 28.8 Å². The van der Waals surface area contributed by atoms with Crippen LogP contribution >= 0.6 is 0 Å². The Kier molecular flexibility index (Phi) is 5.09. The van der Waals surface area contributed by atoms with E-state index in [-0.39, 0.29) is 0 Å². The molecule has 4 heteroatoms. The van der Waals surface area contributed by atoms with Crippen molar-refractivity contribution in [3.63, 3.8) is 0 Å². The van der Waals surface area contributed by atoms with Crippen molar-refractivity contribution >= 4 is 11.0 Å². The molecule has 3 aromatic rings. The molecule has 1 saturated carbocycles. The molecule has 1 aromatic heterocycles. The van der Waals surface area contributed by atoms with Crippen LogP contribution in [-0.4, -0.2) is 23.3 Å². The standard InChI is InChI=1S/C22H26N2O2/c1-25-18-10-7-11-19(16-18)26-15-14-24-21-13-6-5-12-20(21)23-22(24)17-8-3-2-4-9-17/h5-7,10-13,16-17H,2-4,8-9,14-15H2,1H3. The number of nitrogens with zero attached hydrogens (tertiary/aromatic N) is 2. The zero-order valence-corrected chi connectivity index (χ0v) is 15.4. The lowest BCUT2D eigenvalue weighted by atomic mass is 9.88. The van der Waals surface area contributed by atoms with Crippen LogP contribution in [0, 0.1) is 0 Å². The van der Waals surface area contributed by atoms with Gasteiger partial charge in [-0.05, 0) is 37.1 Å². The molecule has 4 rings (SSSR count). The number of fused-ring (bicyclic) bond motifs is 1. The minimum atomic E-state index is 0.577. The highest BCUT2D eigenvalue weighted by Gasteiger charge is 2.22. The van der Waals surface area contributed by atoms with Crippen LogP contribution in [0.2, 0.25) is 0 Å². The monoisotopic (exact) mass is 350 g/mol. The molecule has 0 unspecified atom stereocenters. The topological polar surface area (TPSA) is 36.3 Å². The average molecular weight is 350 g/mol. The Bertz CT molecular complexity index is 865. The van der Waals surface area contributed by atoms with Crippen molar-refractivity contribution in [1.82, 2.24) is 9.55 Å². The van der Waals surface area contributed by atoms with Crippen LogP contribution < -0.4 is 9.47 Å². The van der Waals surface area contributed by atoms with Crippen LogP contribution in [0.15, 0.2) is 48.5 Å². The van der Waals surface area contributed by atoms with E-state index in [1.54, 1.807) is 7.11 Å². The molecule has 0 atom stereocenters. The summed E-state index contributed by atoms with van der Waals surface area (Å²) in [6.07, 6.45) is 6.48. The van der Waals surface area contributed by atoms with Crippen molar-refractivity contribution in [1.29, 1.82) is 0 Å². The minimum absolute atomic E-state index is 0.577. The number of hydrogen-bond acceptors (Lipinski definition) is 3. The predicted molar refractivity (Wildman–Crippen MR) is 104 cm³/mol. The molecule has 0 amide bonds. The Labute approximate surface area is 154 Å².